The van der Waals surface area contributed by atoms with Crippen molar-refractivity contribution in [1.29, 1.82) is 0 Å². The van der Waals surface area contributed by atoms with Crippen molar-refractivity contribution in [3.05, 3.63) is 66.2 Å². The summed E-state index contributed by atoms with van der Waals surface area (Å²) in [5.74, 6) is -0.311. The van der Waals surface area contributed by atoms with Crippen LogP contribution in [-0.4, -0.2) is 29.1 Å². The van der Waals surface area contributed by atoms with E-state index in [1.54, 1.807) is 55.6 Å². The first-order valence-corrected chi connectivity index (χ1v) is 11.9. The predicted octanol–water partition coefficient (Wildman–Crippen LogP) is 4.67. The third kappa shape index (κ3) is 4.56. The number of hydrogen-bond acceptors (Lipinski definition) is 7. The van der Waals surface area contributed by atoms with E-state index in [1.165, 1.54) is 13.1 Å². The number of nitrogens with two attached hydrogens (primary N) is 1. The van der Waals surface area contributed by atoms with Crippen molar-refractivity contribution >= 4 is 32.4 Å². The molecule has 0 aliphatic carbocycles. The van der Waals surface area contributed by atoms with Gasteiger partial charge in [-0.15, -0.1) is 0 Å². The lowest BCUT2D eigenvalue weighted by Crippen LogP contribution is -2.17. The lowest BCUT2D eigenvalue weighted by Gasteiger charge is -2.18. The Labute approximate surface area is 190 Å². The summed E-state index contributed by atoms with van der Waals surface area (Å²) in [7, 11) is -3.70. The van der Waals surface area contributed by atoms with E-state index in [0.29, 0.717) is 28.5 Å². The van der Waals surface area contributed by atoms with Crippen LogP contribution >= 0.6 is 0 Å². The van der Waals surface area contributed by atoms with Gasteiger partial charge in [-0.3, -0.25) is 4.72 Å². The summed E-state index contributed by atoms with van der Waals surface area (Å²) in [4.78, 5) is 12.4. The number of nitrogen functional groups attached to an aromatic ring is 1. The summed E-state index contributed by atoms with van der Waals surface area (Å²) in [6.07, 6.45) is 3.47. The molecule has 4 aromatic rings. The van der Waals surface area contributed by atoms with Gasteiger partial charge < -0.3 is 10.5 Å². The van der Waals surface area contributed by atoms with Gasteiger partial charge in [0.25, 0.3) is 0 Å². The average molecular weight is 468 g/mol. The number of sulfonamides is 1. The molecule has 10 heteroatoms. The monoisotopic (exact) mass is 467 g/mol. The molecule has 0 bridgehead atoms. The van der Waals surface area contributed by atoms with E-state index >= 15 is 4.39 Å². The maximum Gasteiger partial charge on any atom is 0.232 e. The number of halogens is 1. The minimum Gasteiger partial charge on any atom is -0.437 e. The van der Waals surface area contributed by atoms with E-state index in [-0.39, 0.29) is 34.6 Å². The molecular formula is C23H22FN5O3S. The van der Waals surface area contributed by atoms with E-state index in [1.807, 2.05) is 0 Å². The Morgan fingerprint density at radius 1 is 1.06 bits per heavy atom. The van der Waals surface area contributed by atoms with Crippen LogP contribution in [0.5, 0.6) is 11.6 Å². The molecule has 0 atom stereocenters. The summed E-state index contributed by atoms with van der Waals surface area (Å²) in [6, 6.07) is 12.0. The predicted molar refractivity (Wildman–Crippen MR) is 126 cm³/mol. The molecule has 0 saturated carbocycles. The summed E-state index contributed by atoms with van der Waals surface area (Å²) in [5.41, 5.74) is 6.80. The number of nitrogens with one attached hydrogen (secondary N) is 1. The molecule has 0 aliphatic heterocycles. The Balaban J connectivity index is 1.86. The number of rotatable bonds is 7. The van der Waals surface area contributed by atoms with Crippen LogP contribution in [0.25, 0.3) is 22.0 Å². The quantitative estimate of drug-likeness (QED) is 0.405. The third-order valence-corrected chi connectivity index (χ3v) is 6.44. The van der Waals surface area contributed by atoms with E-state index in [2.05, 4.69) is 19.7 Å². The summed E-state index contributed by atoms with van der Waals surface area (Å²) >= 11 is 0. The molecule has 0 fully saturated rings. The van der Waals surface area contributed by atoms with Crippen LogP contribution in [0.2, 0.25) is 0 Å². The van der Waals surface area contributed by atoms with Gasteiger partial charge in [0.15, 0.2) is 5.82 Å². The van der Waals surface area contributed by atoms with Crippen LogP contribution < -0.4 is 15.2 Å². The molecule has 0 unspecified atom stereocenters. The van der Waals surface area contributed by atoms with Crippen LogP contribution in [-0.2, 0) is 10.0 Å². The van der Waals surface area contributed by atoms with Crippen LogP contribution in [0.4, 0.5) is 16.0 Å². The summed E-state index contributed by atoms with van der Waals surface area (Å²) in [6.45, 7) is 3.27. The Kier molecular flexibility index (Phi) is 6.10. The highest BCUT2D eigenvalue weighted by atomic mass is 32.2. The molecule has 0 aliphatic rings. The number of ether oxygens (including phenoxy) is 1. The molecule has 0 spiro atoms. The van der Waals surface area contributed by atoms with Gasteiger partial charge in [0.05, 0.1) is 22.7 Å². The van der Waals surface area contributed by atoms with Gasteiger partial charge in [0.2, 0.25) is 21.9 Å². The molecular weight excluding hydrogens is 445 g/mol. The highest BCUT2D eigenvalue weighted by Gasteiger charge is 2.23. The molecule has 0 amide bonds. The van der Waals surface area contributed by atoms with Crippen LogP contribution in [0.1, 0.15) is 18.9 Å². The number of benzene rings is 2. The fourth-order valence-electron chi connectivity index (χ4n) is 3.50. The second-order valence-electron chi connectivity index (χ2n) is 7.37. The third-order valence-electron chi connectivity index (χ3n) is 4.98. The van der Waals surface area contributed by atoms with Crippen LogP contribution in [0.3, 0.4) is 0 Å². The van der Waals surface area contributed by atoms with Crippen LogP contribution in [0.15, 0.2) is 54.9 Å². The second kappa shape index (κ2) is 8.99. The highest BCUT2D eigenvalue weighted by molar-refractivity contribution is 7.92. The standard InChI is InChI=1S/C23H22FN5O3S/c1-3-13-33(30,31)29-20-15-7-4-5-8-16(15)21(14(2)19(20)24)32-22-17(9-6-11-26-22)18-10-12-27-23(25)28-18/h4-12,29H,3,13H2,1-2H3,(H2,25,27,28). The number of nitrogens with zero attached hydrogens (tertiary/aromatic N) is 3. The largest absolute Gasteiger partial charge is 0.437 e. The number of fused-ring (bicyclic) bond motifs is 1. The zero-order valence-corrected chi connectivity index (χ0v) is 18.9. The highest BCUT2D eigenvalue weighted by Crippen LogP contribution is 2.41. The first kappa shape index (κ1) is 22.4. The van der Waals surface area contributed by atoms with Crippen molar-refractivity contribution in [2.24, 2.45) is 0 Å². The maximum atomic E-state index is 15.5. The van der Waals surface area contributed by atoms with Gasteiger partial charge in [-0.05, 0) is 31.5 Å². The minimum absolute atomic E-state index is 0.0960. The van der Waals surface area contributed by atoms with Crippen molar-refractivity contribution in [3.63, 3.8) is 0 Å². The van der Waals surface area contributed by atoms with Gasteiger partial charge in [-0.1, -0.05) is 31.2 Å². The first-order valence-electron chi connectivity index (χ1n) is 10.2. The molecule has 3 N–H and O–H groups in total. The topological polar surface area (TPSA) is 120 Å². The molecule has 0 saturated heterocycles. The fourth-order valence-corrected chi connectivity index (χ4v) is 4.65. The Hall–Kier alpha value is -3.79. The number of anilines is 2. The van der Waals surface area contributed by atoms with E-state index in [9.17, 15) is 8.42 Å². The molecule has 8 nitrogen and oxygen atoms in total. The molecule has 2 aromatic heterocycles. The Morgan fingerprint density at radius 3 is 2.55 bits per heavy atom. The molecule has 33 heavy (non-hydrogen) atoms. The van der Waals surface area contributed by atoms with Gasteiger partial charge in [0, 0.05) is 28.7 Å². The lowest BCUT2D eigenvalue weighted by molar-refractivity contribution is 0.461. The Morgan fingerprint density at radius 2 is 1.82 bits per heavy atom. The van der Waals surface area contributed by atoms with E-state index in [0.717, 1.165) is 0 Å². The second-order valence-corrected chi connectivity index (χ2v) is 9.21. The van der Waals surface area contributed by atoms with Gasteiger partial charge in [0.1, 0.15) is 5.75 Å². The minimum atomic E-state index is -3.70. The van der Waals surface area contributed by atoms with Gasteiger partial charge >= 0.3 is 0 Å². The molecule has 170 valence electrons. The first-order chi connectivity index (χ1) is 15.8. The number of aromatic nitrogens is 3. The van der Waals surface area contributed by atoms with Crippen molar-refractivity contribution < 1.29 is 17.5 Å². The zero-order chi connectivity index (χ0) is 23.6. The van der Waals surface area contributed by atoms with Gasteiger partial charge in [-0.25, -0.2) is 27.8 Å². The zero-order valence-electron chi connectivity index (χ0n) is 18.0. The normalized spacial score (nSPS) is 11.5. The average Bonchev–Trinajstić information content (AvgIpc) is 2.80. The molecule has 2 heterocycles. The number of hydrogen-bond donors (Lipinski definition) is 2. The lowest BCUT2D eigenvalue weighted by atomic mass is 10.0. The van der Waals surface area contributed by atoms with E-state index in [4.69, 9.17) is 10.5 Å². The molecule has 4 rings (SSSR count). The molecule has 2 aromatic carbocycles. The number of pyridine rings is 1. The molecule has 0 radical (unpaired) electrons. The fraction of sp³-hybridized carbons (Fsp3) is 0.174. The smallest absolute Gasteiger partial charge is 0.232 e. The maximum absolute atomic E-state index is 15.5. The Bertz CT molecular complexity index is 1440. The van der Waals surface area contributed by atoms with Crippen molar-refractivity contribution in [2.75, 3.05) is 16.2 Å². The van der Waals surface area contributed by atoms with Gasteiger partial charge in [-0.2, -0.15) is 0 Å². The van der Waals surface area contributed by atoms with Crippen molar-refractivity contribution in [2.45, 2.75) is 20.3 Å². The van der Waals surface area contributed by atoms with Crippen molar-refractivity contribution in [3.8, 4) is 22.9 Å². The van der Waals surface area contributed by atoms with Crippen LogP contribution in [0, 0.1) is 12.7 Å². The summed E-state index contributed by atoms with van der Waals surface area (Å²) in [5, 5.41) is 0.906. The van der Waals surface area contributed by atoms with Crippen molar-refractivity contribution in [1.82, 2.24) is 15.0 Å². The summed E-state index contributed by atoms with van der Waals surface area (Å²) < 4.78 is 48.8. The SMILES string of the molecule is CCCS(=O)(=O)Nc1c(F)c(C)c(Oc2ncccc2-c2ccnc(N)n2)c2ccccc12. The van der Waals surface area contributed by atoms with E-state index < -0.39 is 15.8 Å².